The molecule has 3 nitrogen and oxygen atoms in total. The predicted octanol–water partition coefficient (Wildman–Crippen LogP) is 0.609. The largest absolute Gasteiger partial charge is 0.330 e. The fourth-order valence-electron chi connectivity index (χ4n) is 1.64. The zero-order valence-electron chi connectivity index (χ0n) is 7.47. The average molecular weight is 158 g/mol. The van der Waals surface area contributed by atoms with E-state index in [-0.39, 0.29) is 0 Å². The maximum Gasteiger partial charge on any atom is 0.0575 e. The van der Waals surface area contributed by atoms with Crippen LogP contribution >= 0.6 is 0 Å². The van der Waals surface area contributed by atoms with Crippen molar-refractivity contribution in [1.29, 1.82) is 0 Å². The van der Waals surface area contributed by atoms with E-state index in [2.05, 4.69) is 0 Å². The van der Waals surface area contributed by atoms with E-state index in [0.717, 1.165) is 13.1 Å². The molecule has 3 heteroatoms. The van der Waals surface area contributed by atoms with E-state index in [1.807, 2.05) is 12.1 Å². The first kappa shape index (κ1) is 8.97. The number of nitrogens with two attached hydrogens (primary N) is 1. The van der Waals surface area contributed by atoms with E-state index in [0.29, 0.717) is 5.41 Å². The van der Waals surface area contributed by atoms with Crippen molar-refractivity contribution in [3.05, 3.63) is 0 Å². The first-order valence-corrected chi connectivity index (χ1v) is 4.18. The van der Waals surface area contributed by atoms with Gasteiger partial charge in [-0.05, 0) is 24.8 Å². The second-order valence-corrected chi connectivity index (χ2v) is 3.53. The van der Waals surface area contributed by atoms with Crippen molar-refractivity contribution in [3.8, 4) is 0 Å². The molecule has 0 aromatic rings. The van der Waals surface area contributed by atoms with Crippen LogP contribution in [-0.2, 0) is 4.84 Å². The Morgan fingerprint density at radius 1 is 1.55 bits per heavy atom. The van der Waals surface area contributed by atoms with Gasteiger partial charge in [-0.3, -0.25) is 0 Å². The molecule has 1 aliphatic carbocycles. The summed E-state index contributed by atoms with van der Waals surface area (Å²) in [6.07, 6.45) is 3.85. The van der Waals surface area contributed by atoms with Crippen molar-refractivity contribution < 1.29 is 4.84 Å². The Labute approximate surface area is 68.5 Å². The Balaban J connectivity index is 2.32. The predicted molar refractivity (Wildman–Crippen MR) is 45.0 cm³/mol. The van der Waals surface area contributed by atoms with E-state index in [1.165, 1.54) is 19.3 Å². The molecule has 0 aliphatic heterocycles. The molecule has 0 saturated heterocycles. The molecule has 1 saturated carbocycles. The van der Waals surface area contributed by atoms with Crippen LogP contribution in [0.15, 0.2) is 0 Å². The Kier molecular flexibility index (Phi) is 2.87. The Morgan fingerprint density at radius 2 is 2.18 bits per heavy atom. The van der Waals surface area contributed by atoms with Gasteiger partial charge in [0.15, 0.2) is 0 Å². The molecule has 0 bridgehead atoms. The van der Waals surface area contributed by atoms with Crippen molar-refractivity contribution in [2.45, 2.75) is 19.3 Å². The highest BCUT2D eigenvalue weighted by molar-refractivity contribution is 4.89. The van der Waals surface area contributed by atoms with Gasteiger partial charge in [-0.25, -0.2) is 0 Å². The third-order valence-electron chi connectivity index (χ3n) is 2.72. The summed E-state index contributed by atoms with van der Waals surface area (Å²) in [5.41, 5.74) is 6.06. The number of hydroxylamine groups is 2. The van der Waals surface area contributed by atoms with E-state index >= 15 is 0 Å². The minimum Gasteiger partial charge on any atom is -0.330 e. The standard InChI is InChI=1S/C8H18N2O/c1-10(11-2)7-8(6-9)4-3-5-8/h3-7,9H2,1-2H3. The van der Waals surface area contributed by atoms with Crippen molar-refractivity contribution in [3.63, 3.8) is 0 Å². The van der Waals surface area contributed by atoms with Gasteiger partial charge in [-0.2, -0.15) is 5.06 Å². The monoisotopic (exact) mass is 158 g/mol. The van der Waals surface area contributed by atoms with Gasteiger partial charge in [0.05, 0.1) is 7.11 Å². The molecule has 2 N–H and O–H groups in total. The van der Waals surface area contributed by atoms with E-state index < -0.39 is 0 Å². The van der Waals surface area contributed by atoms with Crippen molar-refractivity contribution in [2.24, 2.45) is 11.1 Å². The van der Waals surface area contributed by atoms with Crippen molar-refractivity contribution >= 4 is 0 Å². The zero-order chi connectivity index (χ0) is 8.32. The van der Waals surface area contributed by atoms with Gasteiger partial charge in [-0.1, -0.05) is 6.42 Å². The van der Waals surface area contributed by atoms with E-state index in [9.17, 15) is 0 Å². The third kappa shape index (κ3) is 1.92. The molecule has 1 fully saturated rings. The highest BCUT2D eigenvalue weighted by Crippen LogP contribution is 2.40. The Bertz CT molecular complexity index is 118. The molecule has 1 rings (SSSR count). The second-order valence-electron chi connectivity index (χ2n) is 3.53. The molecule has 0 radical (unpaired) electrons. The SMILES string of the molecule is CON(C)CC1(CN)CCC1. The normalized spacial score (nSPS) is 21.8. The topological polar surface area (TPSA) is 38.5 Å². The van der Waals surface area contributed by atoms with Crippen LogP contribution in [0.5, 0.6) is 0 Å². The molecule has 1 aliphatic rings. The highest BCUT2D eigenvalue weighted by Gasteiger charge is 2.36. The average Bonchev–Trinajstić information content (AvgIpc) is 1.96. The molecular weight excluding hydrogens is 140 g/mol. The summed E-state index contributed by atoms with van der Waals surface area (Å²) in [6.45, 7) is 1.76. The lowest BCUT2D eigenvalue weighted by molar-refractivity contribution is -0.141. The second kappa shape index (κ2) is 3.52. The molecule has 0 atom stereocenters. The van der Waals surface area contributed by atoms with Gasteiger partial charge in [0.2, 0.25) is 0 Å². The third-order valence-corrected chi connectivity index (χ3v) is 2.72. The summed E-state index contributed by atoms with van der Waals surface area (Å²) in [5.74, 6) is 0. The maximum absolute atomic E-state index is 5.69. The quantitative estimate of drug-likeness (QED) is 0.609. The van der Waals surface area contributed by atoms with Crippen LogP contribution in [0.3, 0.4) is 0 Å². The Morgan fingerprint density at radius 3 is 2.45 bits per heavy atom. The molecule has 0 aromatic heterocycles. The smallest absolute Gasteiger partial charge is 0.0575 e. The number of hydrogen-bond donors (Lipinski definition) is 1. The van der Waals surface area contributed by atoms with Gasteiger partial charge >= 0.3 is 0 Å². The first-order chi connectivity index (χ1) is 5.22. The van der Waals surface area contributed by atoms with Crippen LogP contribution in [-0.4, -0.2) is 32.3 Å². The summed E-state index contributed by atoms with van der Waals surface area (Å²) in [5, 5.41) is 1.87. The van der Waals surface area contributed by atoms with Gasteiger partial charge in [0.1, 0.15) is 0 Å². The summed E-state index contributed by atoms with van der Waals surface area (Å²) in [4.78, 5) is 5.06. The summed E-state index contributed by atoms with van der Waals surface area (Å²) in [6, 6.07) is 0. The summed E-state index contributed by atoms with van der Waals surface area (Å²) >= 11 is 0. The lowest BCUT2D eigenvalue weighted by atomic mass is 9.69. The molecule has 11 heavy (non-hydrogen) atoms. The molecule has 0 unspecified atom stereocenters. The lowest BCUT2D eigenvalue weighted by Crippen LogP contribution is -2.45. The number of hydrogen-bond acceptors (Lipinski definition) is 3. The fourth-order valence-corrected chi connectivity index (χ4v) is 1.64. The number of nitrogens with zero attached hydrogens (tertiary/aromatic N) is 1. The van der Waals surface area contributed by atoms with Gasteiger partial charge in [-0.15, -0.1) is 0 Å². The summed E-state index contributed by atoms with van der Waals surface area (Å²) in [7, 11) is 3.65. The first-order valence-electron chi connectivity index (χ1n) is 4.18. The van der Waals surface area contributed by atoms with Crippen molar-refractivity contribution in [2.75, 3.05) is 27.2 Å². The van der Waals surface area contributed by atoms with Crippen LogP contribution < -0.4 is 5.73 Å². The fraction of sp³-hybridized carbons (Fsp3) is 1.00. The molecule has 66 valence electrons. The maximum atomic E-state index is 5.69. The molecule has 0 amide bonds. The van der Waals surface area contributed by atoms with Crippen LogP contribution in [0.2, 0.25) is 0 Å². The van der Waals surface area contributed by atoms with Crippen LogP contribution in [0.25, 0.3) is 0 Å². The lowest BCUT2D eigenvalue weighted by Gasteiger charge is -2.42. The van der Waals surface area contributed by atoms with Crippen LogP contribution in [0.1, 0.15) is 19.3 Å². The molecular formula is C8H18N2O. The van der Waals surface area contributed by atoms with E-state index in [1.54, 1.807) is 7.11 Å². The van der Waals surface area contributed by atoms with Gasteiger partial charge in [0.25, 0.3) is 0 Å². The van der Waals surface area contributed by atoms with Crippen LogP contribution in [0.4, 0.5) is 0 Å². The zero-order valence-corrected chi connectivity index (χ0v) is 7.47. The highest BCUT2D eigenvalue weighted by atomic mass is 16.7. The minimum absolute atomic E-state index is 0.366. The van der Waals surface area contributed by atoms with Gasteiger partial charge in [0, 0.05) is 13.6 Å². The van der Waals surface area contributed by atoms with Crippen molar-refractivity contribution in [1.82, 2.24) is 5.06 Å². The summed E-state index contributed by atoms with van der Waals surface area (Å²) < 4.78 is 0. The molecule has 0 spiro atoms. The minimum atomic E-state index is 0.366. The molecule has 0 aromatic carbocycles. The number of rotatable bonds is 4. The van der Waals surface area contributed by atoms with Crippen LogP contribution in [0, 0.1) is 5.41 Å². The van der Waals surface area contributed by atoms with Gasteiger partial charge < -0.3 is 10.6 Å². The molecule has 0 heterocycles. The van der Waals surface area contributed by atoms with E-state index in [4.69, 9.17) is 10.6 Å². The Hall–Kier alpha value is -0.120.